The van der Waals surface area contributed by atoms with Crippen molar-refractivity contribution < 1.29 is 0 Å². The van der Waals surface area contributed by atoms with Crippen molar-refractivity contribution >= 4 is 29.9 Å². The van der Waals surface area contributed by atoms with E-state index < -0.39 is 0 Å². The van der Waals surface area contributed by atoms with Gasteiger partial charge in [0.15, 0.2) is 5.96 Å². The van der Waals surface area contributed by atoms with Gasteiger partial charge in [-0.3, -0.25) is 4.99 Å². The van der Waals surface area contributed by atoms with Crippen molar-refractivity contribution in [1.29, 1.82) is 0 Å². The van der Waals surface area contributed by atoms with Crippen LogP contribution >= 0.6 is 24.0 Å². The van der Waals surface area contributed by atoms with Gasteiger partial charge in [0.05, 0.1) is 5.69 Å². The van der Waals surface area contributed by atoms with E-state index in [0.717, 1.165) is 37.1 Å². The van der Waals surface area contributed by atoms with E-state index in [9.17, 15) is 0 Å². The van der Waals surface area contributed by atoms with Gasteiger partial charge in [-0.05, 0) is 36.5 Å². The second kappa shape index (κ2) is 11.0. The molecule has 0 spiro atoms. The maximum absolute atomic E-state index is 4.25. The van der Waals surface area contributed by atoms with Gasteiger partial charge in [0.2, 0.25) is 0 Å². The fourth-order valence-electron chi connectivity index (χ4n) is 2.23. The summed E-state index contributed by atoms with van der Waals surface area (Å²) in [5, 5.41) is 10.8. The molecule has 0 saturated carbocycles. The van der Waals surface area contributed by atoms with E-state index in [0.29, 0.717) is 0 Å². The fraction of sp³-hybridized carbons (Fsp3) is 0.471. The molecular formula is C17H27IN6. The van der Waals surface area contributed by atoms with Gasteiger partial charge in [0, 0.05) is 20.1 Å². The Labute approximate surface area is 161 Å². The third-order valence-corrected chi connectivity index (χ3v) is 3.55. The Bertz CT molecular complexity index is 592. The Balaban J connectivity index is 0.00000288. The van der Waals surface area contributed by atoms with Crippen LogP contribution < -0.4 is 10.6 Å². The predicted molar refractivity (Wildman–Crippen MR) is 109 cm³/mol. The predicted octanol–water partition coefficient (Wildman–Crippen LogP) is 2.99. The molecule has 0 radical (unpaired) electrons. The van der Waals surface area contributed by atoms with Crippen molar-refractivity contribution in [3.05, 3.63) is 42.5 Å². The van der Waals surface area contributed by atoms with E-state index in [2.05, 4.69) is 51.7 Å². The summed E-state index contributed by atoms with van der Waals surface area (Å²) in [6, 6.07) is 8.22. The van der Waals surface area contributed by atoms with Crippen LogP contribution in [0.5, 0.6) is 0 Å². The first-order chi connectivity index (χ1) is 11.2. The molecule has 0 aliphatic carbocycles. The number of hydrogen-bond donors (Lipinski definition) is 2. The van der Waals surface area contributed by atoms with Gasteiger partial charge in [0.25, 0.3) is 0 Å². The largest absolute Gasteiger partial charge is 0.356 e. The van der Waals surface area contributed by atoms with Crippen LogP contribution in [0.15, 0.2) is 41.9 Å². The molecule has 1 aromatic carbocycles. The Kier molecular flexibility index (Phi) is 9.36. The SMILES string of the molecule is CN=C(NCCCC(C)C)NCc1ccc(-n2cncn2)cc1.I. The highest BCUT2D eigenvalue weighted by Crippen LogP contribution is 2.07. The summed E-state index contributed by atoms with van der Waals surface area (Å²) in [5.41, 5.74) is 2.20. The third-order valence-electron chi connectivity index (χ3n) is 3.55. The molecule has 0 aliphatic rings. The summed E-state index contributed by atoms with van der Waals surface area (Å²) in [5.74, 6) is 1.59. The zero-order valence-electron chi connectivity index (χ0n) is 14.6. The van der Waals surface area contributed by atoms with E-state index in [1.165, 1.54) is 18.3 Å². The van der Waals surface area contributed by atoms with Crippen molar-refractivity contribution in [2.24, 2.45) is 10.9 Å². The minimum atomic E-state index is 0. The molecule has 0 amide bonds. The lowest BCUT2D eigenvalue weighted by molar-refractivity contribution is 0.549. The number of hydrogen-bond acceptors (Lipinski definition) is 3. The van der Waals surface area contributed by atoms with Crippen LogP contribution in [0.2, 0.25) is 0 Å². The number of aliphatic imine (C=N–C) groups is 1. The molecule has 2 aromatic rings. The Hall–Kier alpha value is -1.64. The van der Waals surface area contributed by atoms with Gasteiger partial charge in [-0.25, -0.2) is 9.67 Å². The average Bonchev–Trinajstić information content (AvgIpc) is 3.09. The number of halogens is 1. The lowest BCUT2D eigenvalue weighted by atomic mass is 10.1. The molecule has 0 aliphatic heterocycles. The van der Waals surface area contributed by atoms with Crippen molar-refractivity contribution in [1.82, 2.24) is 25.4 Å². The summed E-state index contributed by atoms with van der Waals surface area (Å²) in [6.45, 7) is 6.18. The molecule has 2 rings (SSSR count). The minimum Gasteiger partial charge on any atom is -0.356 e. The molecule has 1 heterocycles. The van der Waals surface area contributed by atoms with Crippen molar-refractivity contribution in [2.45, 2.75) is 33.2 Å². The number of benzene rings is 1. The molecule has 1 aromatic heterocycles. The van der Waals surface area contributed by atoms with E-state index >= 15 is 0 Å². The number of guanidine groups is 1. The van der Waals surface area contributed by atoms with Crippen LogP contribution in [0.1, 0.15) is 32.3 Å². The summed E-state index contributed by atoms with van der Waals surface area (Å²) < 4.78 is 1.74. The number of nitrogens with zero attached hydrogens (tertiary/aromatic N) is 4. The molecule has 132 valence electrons. The van der Waals surface area contributed by atoms with Crippen LogP contribution in [0, 0.1) is 5.92 Å². The molecule has 7 heteroatoms. The number of rotatable bonds is 7. The smallest absolute Gasteiger partial charge is 0.191 e. The zero-order valence-corrected chi connectivity index (χ0v) is 16.9. The summed E-state index contributed by atoms with van der Waals surface area (Å²) in [7, 11) is 1.80. The highest BCUT2D eigenvalue weighted by molar-refractivity contribution is 14.0. The van der Waals surface area contributed by atoms with E-state index in [1.807, 2.05) is 12.1 Å². The maximum Gasteiger partial charge on any atom is 0.191 e. The zero-order chi connectivity index (χ0) is 16.5. The van der Waals surface area contributed by atoms with Gasteiger partial charge in [-0.2, -0.15) is 5.10 Å². The summed E-state index contributed by atoms with van der Waals surface area (Å²) in [4.78, 5) is 8.20. The first-order valence-corrected chi connectivity index (χ1v) is 8.07. The quantitative estimate of drug-likeness (QED) is 0.300. The minimum absolute atomic E-state index is 0. The Morgan fingerprint density at radius 1 is 1.21 bits per heavy atom. The molecule has 2 N–H and O–H groups in total. The van der Waals surface area contributed by atoms with Crippen LogP contribution in [-0.2, 0) is 6.54 Å². The highest BCUT2D eigenvalue weighted by atomic mass is 127. The molecule has 0 bridgehead atoms. The Morgan fingerprint density at radius 3 is 2.54 bits per heavy atom. The molecule has 0 fully saturated rings. The summed E-state index contributed by atoms with van der Waals surface area (Å²) >= 11 is 0. The Morgan fingerprint density at radius 2 is 1.96 bits per heavy atom. The highest BCUT2D eigenvalue weighted by Gasteiger charge is 2.01. The molecule has 0 saturated heterocycles. The normalized spacial score (nSPS) is 11.2. The van der Waals surface area contributed by atoms with Crippen LogP contribution in [0.3, 0.4) is 0 Å². The third kappa shape index (κ3) is 6.86. The first kappa shape index (κ1) is 20.4. The molecule has 0 atom stereocenters. The monoisotopic (exact) mass is 442 g/mol. The second-order valence-corrected chi connectivity index (χ2v) is 5.90. The van der Waals surface area contributed by atoms with Crippen molar-refractivity contribution in [3.8, 4) is 5.69 Å². The van der Waals surface area contributed by atoms with Crippen molar-refractivity contribution in [3.63, 3.8) is 0 Å². The van der Waals surface area contributed by atoms with Crippen molar-refractivity contribution in [2.75, 3.05) is 13.6 Å². The summed E-state index contributed by atoms with van der Waals surface area (Å²) in [6.07, 6.45) is 5.61. The van der Waals surface area contributed by atoms with Gasteiger partial charge in [-0.15, -0.1) is 24.0 Å². The second-order valence-electron chi connectivity index (χ2n) is 5.90. The van der Waals surface area contributed by atoms with Crippen LogP contribution in [-0.4, -0.2) is 34.3 Å². The number of nitrogens with one attached hydrogen (secondary N) is 2. The first-order valence-electron chi connectivity index (χ1n) is 8.07. The van der Waals surface area contributed by atoms with Gasteiger partial charge < -0.3 is 10.6 Å². The van der Waals surface area contributed by atoms with Gasteiger partial charge >= 0.3 is 0 Å². The molecule has 0 unspecified atom stereocenters. The molecule has 6 nitrogen and oxygen atoms in total. The lowest BCUT2D eigenvalue weighted by Gasteiger charge is -2.12. The lowest BCUT2D eigenvalue weighted by Crippen LogP contribution is -2.37. The van der Waals surface area contributed by atoms with Gasteiger partial charge in [0.1, 0.15) is 12.7 Å². The van der Waals surface area contributed by atoms with E-state index in [1.54, 1.807) is 18.1 Å². The molecule has 24 heavy (non-hydrogen) atoms. The fourth-order valence-corrected chi connectivity index (χ4v) is 2.23. The number of aromatic nitrogens is 3. The topological polar surface area (TPSA) is 67.1 Å². The van der Waals surface area contributed by atoms with Crippen LogP contribution in [0.25, 0.3) is 5.69 Å². The van der Waals surface area contributed by atoms with E-state index in [-0.39, 0.29) is 24.0 Å². The van der Waals surface area contributed by atoms with E-state index in [4.69, 9.17) is 0 Å². The van der Waals surface area contributed by atoms with Crippen LogP contribution in [0.4, 0.5) is 0 Å². The standard InChI is InChI=1S/C17H26N6.HI/c1-14(2)5-4-10-20-17(18-3)21-11-15-6-8-16(9-7-15)23-13-19-12-22-23;/h6-9,12-14H,4-5,10-11H2,1-3H3,(H2,18,20,21);1H. The molecular weight excluding hydrogens is 415 g/mol. The van der Waals surface area contributed by atoms with Gasteiger partial charge in [-0.1, -0.05) is 26.0 Å². The maximum atomic E-state index is 4.25. The average molecular weight is 442 g/mol.